The quantitative estimate of drug-likeness (QED) is 0.341. The molecule has 0 aliphatic carbocycles. The molecule has 166 valence electrons. The molecule has 0 saturated heterocycles. The Morgan fingerprint density at radius 3 is 2.42 bits per heavy atom. The van der Waals surface area contributed by atoms with Crippen LogP contribution in [0.1, 0.15) is 17.0 Å². The van der Waals surface area contributed by atoms with E-state index in [1.54, 1.807) is 14.2 Å². The van der Waals surface area contributed by atoms with E-state index in [0.717, 1.165) is 41.0 Å². The Morgan fingerprint density at radius 1 is 0.848 bits per heavy atom. The molecular formula is C27H26N4O2. The third kappa shape index (κ3) is 4.32. The van der Waals surface area contributed by atoms with Crippen LogP contribution in [0.2, 0.25) is 0 Å². The van der Waals surface area contributed by atoms with E-state index in [1.807, 2.05) is 36.4 Å². The van der Waals surface area contributed by atoms with Crippen LogP contribution >= 0.6 is 0 Å². The monoisotopic (exact) mass is 438 g/mol. The first-order chi connectivity index (χ1) is 16.2. The van der Waals surface area contributed by atoms with Gasteiger partial charge >= 0.3 is 0 Å². The fourth-order valence-electron chi connectivity index (χ4n) is 4.15. The molecule has 0 radical (unpaired) electrons. The minimum Gasteiger partial charge on any atom is -0.493 e. The van der Waals surface area contributed by atoms with Gasteiger partial charge in [-0.3, -0.25) is 0 Å². The smallest absolute Gasteiger partial charge is 0.162 e. The Hall–Kier alpha value is -4.06. The molecule has 33 heavy (non-hydrogen) atoms. The van der Waals surface area contributed by atoms with Crippen LogP contribution in [0, 0.1) is 0 Å². The Balaban J connectivity index is 1.47. The molecular weight excluding hydrogens is 412 g/mol. The molecule has 6 nitrogen and oxygen atoms in total. The van der Waals surface area contributed by atoms with E-state index in [1.165, 1.54) is 16.5 Å². The molecule has 0 spiro atoms. The second-order valence-electron chi connectivity index (χ2n) is 7.91. The molecule has 3 aromatic carbocycles. The van der Waals surface area contributed by atoms with Crippen LogP contribution in [0.3, 0.4) is 0 Å². The minimum absolute atomic E-state index is 0.652. The second-order valence-corrected chi connectivity index (χ2v) is 7.91. The molecule has 6 heteroatoms. The lowest BCUT2D eigenvalue weighted by atomic mass is 10.1. The molecule has 0 amide bonds. The highest BCUT2D eigenvalue weighted by molar-refractivity contribution is 5.92. The fourth-order valence-corrected chi connectivity index (χ4v) is 4.15. The van der Waals surface area contributed by atoms with Gasteiger partial charge in [0.05, 0.1) is 19.7 Å². The summed E-state index contributed by atoms with van der Waals surface area (Å²) in [5, 5.41) is 5.70. The average Bonchev–Trinajstić information content (AvgIpc) is 3.27. The minimum atomic E-state index is 0.652. The molecule has 5 aromatic rings. The summed E-state index contributed by atoms with van der Waals surface area (Å²) in [7, 11) is 3.27. The highest BCUT2D eigenvalue weighted by Crippen LogP contribution is 2.34. The standard InChI is InChI=1S/C27H26N4O2/c1-32-24-15-21-23(16-25(24)33-2)30-26(14-18-8-4-3-5-9-18)31-27(21)28-13-12-19-17-29-22-11-7-6-10-20(19)22/h3-11,15-17,29H,12-14H2,1-2H3,(H,28,30,31). The Labute approximate surface area is 192 Å². The van der Waals surface area contributed by atoms with Crippen molar-refractivity contribution in [2.45, 2.75) is 12.8 Å². The third-order valence-corrected chi connectivity index (χ3v) is 5.81. The molecule has 2 heterocycles. The molecule has 0 unspecified atom stereocenters. The van der Waals surface area contributed by atoms with E-state index >= 15 is 0 Å². The van der Waals surface area contributed by atoms with E-state index in [4.69, 9.17) is 19.4 Å². The largest absolute Gasteiger partial charge is 0.493 e. The van der Waals surface area contributed by atoms with Gasteiger partial charge in [-0.1, -0.05) is 48.5 Å². The maximum Gasteiger partial charge on any atom is 0.162 e. The number of methoxy groups -OCH3 is 2. The number of anilines is 1. The summed E-state index contributed by atoms with van der Waals surface area (Å²) in [6.07, 6.45) is 3.61. The molecule has 0 bridgehead atoms. The van der Waals surface area contributed by atoms with Crippen LogP contribution < -0.4 is 14.8 Å². The number of aromatic nitrogens is 3. The van der Waals surface area contributed by atoms with Crippen molar-refractivity contribution in [3.63, 3.8) is 0 Å². The summed E-state index contributed by atoms with van der Waals surface area (Å²) in [5.74, 6) is 2.87. The second kappa shape index (κ2) is 9.20. The molecule has 0 aliphatic rings. The SMILES string of the molecule is COc1cc2nc(Cc3ccccc3)nc(NCCc3c[nH]c4ccccc34)c2cc1OC. The number of nitrogens with zero attached hydrogens (tertiary/aromatic N) is 2. The molecule has 0 aliphatic heterocycles. The number of hydrogen-bond donors (Lipinski definition) is 2. The molecule has 0 atom stereocenters. The van der Waals surface area contributed by atoms with E-state index < -0.39 is 0 Å². The summed E-state index contributed by atoms with van der Waals surface area (Å²) in [6.45, 7) is 0.743. The van der Waals surface area contributed by atoms with Crippen LogP contribution in [0.5, 0.6) is 11.5 Å². The van der Waals surface area contributed by atoms with Gasteiger partial charge in [-0.25, -0.2) is 9.97 Å². The van der Waals surface area contributed by atoms with Gasteiger partial charge in [0.2, 0.25) is 0 Å². The highest BCUT2D eigenvalue weighted by Gasteiger charge is 2.14. The Kier molecular flexibility index (Phi) is 5.81. The number of aromatic amines is 1. The maximum atomic E-state index is 5.52. The number of ether oxygens (including phenoxy) is 2. The van der Waals surface area contributed by atoms with Gasteiger partial charge in [-0.2, -0.15) is 0 Å². The fraction of sp³-hybridized carbons (Fsp3) is 0.185. The van der Waals surface area contributed by atoms with Gasteiger partial charge < -0.3 is 19.8 Å². The number of hydrogen-bond acceptors (Lipinski definition) is 5. The number of H-pyrrole nitrogens is 1. The van der Waals surface area contributed by atoms with Crippen molar-refractivity contribution in [2.75, 3.05) is 26.1 Å². The van der Waals surface area contributed by atoms with Gasteiger partial charge in [0.15, 0.2) is 11.5 Å². The Morgan fingerprint density at radius 2 is 1.61 bits per heavy atom. The van der Waals surface area contributed by atoms with Gasteiger partial charge in [-0.15, -0.1) is 0 Å². The third-order valence-electron chi connectivity index (χ3n) is 5.81. The van der Waals surface area contributed by atoms with Crippen molar-refractivity contribution < 1.29 is 9.47 Å². The van der Waals surface area contributed by atoms with Crippen molar-refractivity contribution >= 4 is 27.6 Å². The normalized spacial score (nSPS) is 11.1. The lowest BCUT2D eigenvalue weighted by molar-refractivity contribution is 0.356. The Bertz CT molecular complexity index is 1400. The summed E-state index contributed by atoms with van der Waals surface area (Å²) >= 11 is 0. The van der Waals surface area contributed by atoms with E-state index in [9.17, 15) is 0 Å². The summed E-state index contributed by atoms with van der Waals surface area (Å²) < 4.78 is 11.0. The highest BCUT2D eigenvalue weighted by atomic mass is 16.5. The first kappa shape index (κ1) is 20.8. The van der Waals surface area contributed by atoms with Gasteiger partial charge in [0, 0.05) is 41.5 Å². The van der Waals surface area contributed by atoms with Gasteiger partial charge in [0.1, 0.15) is 11.6 Å². The lowest BCUT2D eigenvalue weighted by Gasteiger charge is -2.14. The van der Waals surface area contributed by atoms with Crippen molar-refractivity contribution in [3.05, 3.63) is 89.9 Å². The number of nitrogens with one attached hydrogen (secondary N) is 2. The zero-order chi connectivity index (χ0) is 22.6. The van der Waals surface area contributed by atoms with Crippen LogP contribution in [-0.4, -0.2) is 35.7 Å². The van der Waals surface area contributed by atoms with Crippen LogP contribution in [0.25, 0.3) is 21.8 Å². The van der Waals surface area contributed by atoms with Crippen LogP contribution in [-0.2, 0) is 12.8 Å². The predicted octanol–water partition coefficient (Wildman–Crippen LogP) is 5.37. The maximum absolute atomic E-state index is 5.52. The molecule has 2 aromatic heterocycles. The number of rotatable bonds is 8. The van der Waals surface area contributed by atoms with E-state index in [0.29, 0.717) is 17.9 Å². The van der Waals surface area contributed by atoms with Gasteiger partial charge in [-0.05, 0) is 29.7 Å². The van der Waals surface area contributed by atoms with Crippen molar-refractivity contribution in [1.29, 1.82) is 0 Å². The van der Waals surface area contributed by atoms with E-state index in [-0.39, 0.29) is 0 Å². The molecule has 2 N–H and O–H groups in total. The number of fused-ring (bicyclic) bond motifs is 2. The summed E-state index contributed by atoms with van der Waals surface area (Å²) in [6, 6.07) is 22.5. The lowest BCUT2D eigenvalue weighted by Crippen LogP contribution is -2.09. The van der Waals surface area contributed by atoms with Crippen molar-refractivity contribution in [2.24, 2.45) is 0 Å². The first-order valence-electron chi connectivity index (χ1n) is 11.0. The zero-order valence-electron chi connectivity index (χ0n) is 18.8. The van der Waals surface area contributed by atoms with Gasteiger partial charge in [0.25, 0.3) is 0 Å². The average molecular weight is 439 g/mol. The summed E-state index contributed by atoms with van der Waals surface area (Å²) in [4.78, 5) is 13.1. The topological polar surface area (TPSA) is 72.1 Å². The first-order valence-corrected chi connectivity index (χ1v) is 11.0. The van der Waals surface area contributed by atoms with Crippen LogP contribution in [0.4, 0.5) is 5.82 Å². The van der Waals surface area contributed by atoms with Crippen LogP contribution in [0.15, 0.2) is 72.9 Å². The zero-order valence-corrected chi connectivity index (χ0v) is 18.8. The number of benzene rings is 3. The van der Waals surface area contributed by atoms with Crippen molar-refractivity contribution in [1.82, 2.24) is 15.0 Å². The van der Waals surface area contributed by atoms with Crippen molar-refractivity contribution in [3.8, 4) is 11.5 Å². The number of para-hydroxylation sites is 1. The molecule has 0 fully saturated rings. The predicted molar refractivity (Wildman–Crippen MR) is 132 cm³/mol. The summed E-state index contributed by atoms with van der Waals surface area (Å²) in [5.41, 5.74) is 4.42. The van der Waals surface area contributed by atoms with E-state index in [2.05, 4.69) is 46.8 Å². The molecule has 0 saturated carbocycles. The molecule has 5 rings (SSSR count).